The third-order valence-electron chi connectivity index (χ3n) is 7.73. The van der Waals surface area contributed by atoms with Crippen LogP contribution in [0.2, 0.25) is 0 Å². The van der Waals surface area contributed by atoms with Crippen molar-refractivity contribution >= 4 is 0 Å². The van der Waals surface area contributed by atoms with E-state index in [9.17, 15) is 8.78 Å². The Morgan fingerprint density at radius 3 is 2.00 bits per heavy atom. The van der Waals surface area contributed by atoms with E-state index in [0.29, 0.717) is 23.5 Å². The van der Waals surface area contributed by atoms with Crippen LogP contribution in [0.3, 0.4) is 0 Å². The monoisotopic (exact) mass is 472 g/mol. The van der Waals surface area contributed by atoms with Crippen LogP contribution >= 0.6 is 0 Å². The molecule has 0 spiro atoms. The zero-order valence-corrected chi connectivity index (χ0v) is 21.0. The lowest BCUT2D eigenvalue weighted by Gasteiger charge is -2.28. The van der Waals surface area contributed by atoms with Gasteiger partial charge in [0.25, 0.3) is 0 Å². The first-order chi connectivity index (χ1) is 17.1. The molecule has 0 aliphatic heterocycles. The minimum atomic E-state index is -0.742. The van der Waals surface area contributed by atoms with E-state index in [1.165, 1.54) is 48.8 Å². The first-order valence-corrected chi connectivity index (χ1v) is 13.3. The number of allylic oxidation sites excluding steroid dienone is 1. The van der Waals surface area contributed by atoms with Gasteiger partial charge < -0.3 is 0 Å². The summed E-state index contributed by atoms with van der Waals surface area (Å²) in [4.78, 5) is 0. The highest BCUT2D eigenvalue weighted by Gasteiger charge is 2.21. The van der Waals surface area contributed by atoms with Gasteiger partial charge in [-0.3, -0.25) is 0 Å². The first kappa shape index (κ1) is 25.4. The third kappa shape index (κ3) is 6.48. The van der Waals surface area contributed by atoms with E-state index in [1.807, 2.05) is 37.3 Å². The van der Waals surface area contributed by atoms with Gasteiger partial charge in [0, 0.05) is 5.56 Å². The lowest BCUT2D eigenvalue weighted by atomic mass is 9.77. The molecule has 1 aliphatic rings. The van der Waals surface area contributed by atoms with Crippen LogP contribution in [0.1, 0.15) is 80.0 Å². The lowest BCUT2D eigenvalue weighted by Crippen LogP contribution is -2.13. The van der Waals surface area contributed by atoms with Crippen LogP contribution in [0.5, 0.6) is 0 Å². The molecule has 1 fully saturated rings. The molecular weight excluding hydrogens is 434 g/mol. The molecule has 1 aliphatic carbocycles. The molecule has 1 saturated carbocycles. The van der Waals surface area contributed by atoms with Crippen LogP contribution in [0.15, 0.2) is 73.3 Å². The second-order valence-corrected chi connectivity index (χ2v) is 10.2. The van der Waals surface area contributed by atoms with E-state index in [-0.39, 0.29) is 0 Å². The Morgan fingerprint density at radius 2 is 1.40 bits per heavy atom. The van der Waals surface area contributed by atoms with Crippen molar-refractivity contribution in [2.75, 3.05) is 0 Å². The van der Waals surface area contributed by atoms with Crippen LogP contribution in [-0.2, 0) is 19.3 Å². The van der Waals surface area contributed by atoms with Crippen LogP contribution in [0.4, 0.5) is 8.78 Å². The average Bonchev–Trinajstić information content (AvgIpc) is 2.90. The molecule has 0 bridgehead atoms. The molecule has 35 heavy (non-hydrogen) atoms. The molecule has 184 valence electrons. The SMILES string of the molecule is C=CCCC1CCC(c2ccc(CCc3ccc(-c4ccc(CCC)c(F)c4F)cc3)cc2)CC1. The van der Waals surface area contributed by atoms with Gasteiger partial charge in [-0.25, -0.2) is 8.78 Å². The molecule has 0 unspecified atom stereocenters. The Bertz CT molecular complexity index is 1090. The van der Waals surface area contributed by atoms with Gasteiger partial charge in [0.1, 0.15) is 0 Å². The zero-order chi connectivity index (χ0) is 24.6. The third-order valence-corrected chi connectivity index (χ3v) is 7.73. The Hall–Kier alpha value is -2.74. The maximum absolute atomic E-state index is 14.6. The molecule has 3 aromatic carbocycles. The van der Waals surface area contributed by atoms with Crippen molar-refractivity contribution in [1.29, 1.82) is 0 Å². The molecule has 2 heteroatoms. The summed E-state index contributed by atoms with van der Waals surface area (Å²) in [5.74, 6) is 0.135. The summed E-state index contributed by atoms with van der Waals surface area (Å²) in [5.41, 5.74) is 5.54. The van der Waals surface area contributed by atoms with Crippen molar-refractivity contribution in [3.8, 4) is 11.1 Å². The molecule has 0 amide bonds. The average molecular weight is 473 g/mol. The summed E-state index contributed by atoms with van der Waals surface area (Å²) in [6.07, 6.45) is 13.0. The van der Waals surface area contributed by atoms with Gasteiger partial charge >= 0.3 is 0 Å². The van der Waals surface area contributed by atoms with E-state index in [4.69, 9.17) is 0 Å². The Kier molecular flexibility index (Phi) is 8.90. The van der Waals surface area contributed by atoms with E-state index in [0.717, 1.165) is 37.2 Å². The van der Waals surface area contributed by atoms with Crippen molar-refractivity contribution in [1.82, 2.24) is 0 Å². The zero-order valence-electron chi connectivity index (χ0n) is 21.0. The van der Waals surface area contributed by atoms with Gasteiger partial charge in [-0.05, 0) is 97.4 Å². The van der Waals surface area contributed by atoms with Gasteiger partial charge in [0.15, 0.2) is 11.6 Å². The predicted molar refractivity (Wildman–Crippen MR) is 144 cm³/mol. The molecule has 0 aromatic heterocycles. The van der Waals surface area contributed by atoms with Crippen molar-refractivity contribution in [3.63, 3.8) is 0 Å². The maximum atomic E-state index is 14.6. The van der Waals surface area contributed by atoms with E-state index in [1.54, 1.807) is 12.1 Å². The van der Waals surface area contributed by atoms with Crippen molar-refractivity contribution in [2.24, 2.45) is 5.92 Å². The first-order valence-electron chi connectivity index (χ1n) is 13.3. The topological polar surface area (TPSA) is 0 Å². The van der Waals surface area contributed by atoms with Gasteiger partial charge in [-0.2, -0.15) is 0 Å². The van der Waals surface area contributed by atoms with Gasteiger partial charge in [-0.15, -0.1) is 6.58 Å². The highest BCUT2D eigenvalue weighted by Crippen LogP contribution is 2.37. The molecule has 0 nitrogen and oxygen atoms in total. The van der Waals surface area contributed by atoms with Crippen LogP contribution in [0, 0.1) is 17.6 Å². The molecule has 4 rings (SSSR count). The van der Waals surface area contributed by atoms with E-state index < -0.39 is 11.6 Å². The van der Waals surface area contributed by atoms with Crippen molar-refractivity contribution in [3.05, 3.63) is 107 Å². The van der Waals surface area contributed by atoms with Crippen molar-refractivity contribution < 1.29 is 8.78 Å². The maximum Gasteiger partial charge on any atom is 0.166 e. The largest absolute Gasteiger partial charge is 0.203 e. The second-order valence-electron chi connectivity index (χ2n) is 10.2. The van der Waals surface area contributed by atoms with Gasteiger partial charge in [0.05, 0.1) is 0 Å². The molecule has 0 N–H and O–H groups in total. The predicted octanol–water partition coefficient (Wildman–Crippen LogP) is 9.61. The summed E-state index contributed by atoms with van der Waals surface area (Å²) < 4.78 is 29.0. The molecular formula is C33H38F2. The second kappa shape index (κ2) is 12.3. The van der Waals surface area contributed by atoms with Crippen molar-refractivity contribution in [2.45, 2.75) is 77.0 Å². The fraction of sp³-hybridized carbons (Fsp3) is 0.394. The van der Waals surface area contributed by atoms with Crippen LogP contribution < -0.4 is 0 Å². The Labute approximate surface area is 210 Å². The van der Waals surface area contributed by atoms with E-state index >= 15 is 0 Å². The number of hydrogen-bond acceptors (Lipinski definition) is 0. The number of hydrogen-bond donors (Lipinski definition) is 0. The minimum absolute atomic E-state index is 0.333. The number of halogens is 2. The molecule has 0 heterocycles. The summed E-state index contributed by atoms with van der Waals surface area (Å²) in [5, 5.41) is 0. The minimum Gasteiger partial charge on any atom is -0.203 e. The van der Waals surface area contributed by atoms with Crippen LogP contribution in [-0.4, -0.2) is 0 Å². The molecule has 0 atom stereocenters. The molecule has 0 saturated heterocycles. The number of benzene rings is 3. The summed E-state index contributed by atoms with van der Waals surface area (Å²) >= 11 is 0. The smallest absolute Gasteiger partial charge is 0.166 e. The molecule has 0 radical (unpaired) electrons. The fourth-order valence-electron chi connectivity index (χ4n) is 5.51. The summed E-state index contributed by atoms with van der Waals surface area (Å²) in [6, 6.07) is 20.5. The van der Waals surface area contributed by atoms with Crippen LogP contribution in [0.25, 0.3) is 11.1 Å². The lowest BCUT2D eigenvalue weighted by molar-refractivity contribution is 0.312. The highest BCUT2D eigenvalue weighted by molar-refractivity contribution is 5.65. The number of rotatable bonds is 10. The number of aryl methyl sites for hydroxylation is 3. The summed E-state index contributed by atoms with van der Waals surface area (Å²) in [6.45, 7) is 5.82. The summed E-state index contributed by atoms with van der Waals surface area (Å²) in [7, 11) is 0. The van der Waals surface area contributed by atoms with Gasteiger partial charge in [-0.1, -0.05) is 80.1 Å². The normalized spacial score (nSPS) is 17.9. The Morgan fingerprint density at radius 1 is 0.771 bits per heavy atom. The Balaban J connectivity index is 1.31. The fourth-order valence-corrected chi connectivity index (χ4v) is 5.51. The molecule has 3 aromatic rings. The highest BCUT2D eigenvalue weighted by atomic mass is 19.2. The quantitative estimate of drug-likeness (QED) is 0.258. The van der Waals surface area contributed by atoms with E-state index in [2.05, 4.69) is 30.8 Å². The standard InChI is InChI=1S/C33H38F2/c1-3-5-7-24-10-16-27(17-11-24)28-18-12-25(13-19-28)8-9-26-14-20-29(21-15-26)31-23-22-30(6-4-2)32(34)33(31)35/h3,12-15,18-24,27H,1,4-11,16-17H2,2H3. The van der Waals surface area contributed by atoms with Gasteiger partial charge in [0.2, 0.25) is 0 Å².